The van der Waals surface area contributed by atoms with Crippen LogP contribution < -0.4 is 0 Å². The molecule has 0 bridgehead atoms. The first-order chi connectivity index (χ1) is 8.43. The molecule has 1 unspecified atom stereocenters. The highest BCUT2D eigenvalue weighted by Gasteiger charge is 2.42. The van der Waals surface area contributed by atoms with E-state index in [-0.39, 0.29) is 5.97 Å². The monoisotopic (exact) mass is 332 g/mol. The summed E-state index contributed by atoms with van der Waals surface area (Å²) in [5, 5.41) is 0. The van der Waals surface area contributed by atoms with E-state index in [1.807, 2.05) is 0 Å². The van der Waals surface area contributed by atoms with Gasteiger partial charge in [-0.25, -0.2) is 0 Å². The number of rotatable bonds is 10. The average Bonchev–Trinajstić information content (AvgIpc) is 2.30. The Balaban J connectivity index is 3.81. The van der Waals surface area contributed by atoms with Crippen LogP contribution >= 0.6 is 33.2 Å². The normalized spacial score (nSPS) is 13.4. The topological polar surface area (TPSA) is 26.3 Å². The van der Waals surface area contributed by atoms with Crippen molar-refractivity contribution < 1.29 is 9.53 Å². The lowest BCUT2D eigenvalue weighted by molar-refractivity contribution is -0.140. The number of esters is 1. The van der Waals surface area contributed by atoms with Crippen LogP contribution in [-0.4, -0.2) is 19.1 Å². The van der Waals surface area contributed by atoms with Crippen molar-refractivity contribution in [2.45, 2.75) is 63.8 Å². The molecule has 0 saturated heterocycles. The van der Waals surface area contributed by atoms with Gasteiger partial charge < -0.3 is 4.74 Å². The van der Waals surface area contributed by atoms with Crippen molar-refractivity contribution in [1.82, 2.24) is 0 Å². The van der Waals surface area contributed by atoms with Gasteiger partial charge in [0.2, 0.25) is 0 Å². The van der Waals surface area contributed by atoms with Crippen molar-refractivity contribution in [3.63, 3.8) is 0 Å². The molecule has 0 heterocycles. The van der Waals surface area contributed by atoms with E-state index < -0.39 is 11.5 Å². The second-order valence-electron chi connectivity index (χ2n) is 4.53. The van der Waals surface area contributed by atoms with Gasteiger partial charge in [-0.15, -0.1) is 33.2 Å². The number of unbranched alkanes of at least 4 members (excludes halogenated alkanes) is 6. The second-order valence-corrected chi connectivity index (χ2v) is 13.4. The largest absolute Gasteiger partial charge is 0.469 e. The minimum atomic E-state index is -3.01. The van der Waals surface area contributed by atoms with Crippen LogP contribution in [0.1, 0.15) is 58.3 Å². The van der Waals surface area contributed by atoms with Crippen LogP contribution in [0.5, 0.6) is 0 Å². The van der Waals surface area contributed by atoms with Gasteiger partial charge in [0.1, 0.15) is 0 Å². The predicted molar refractivity (Wildman–Crippen MR) is 81.7 cm³/mol. The molecule has 0 spiro atoms. The first-order valence-electron chi connectivity index (χ1n) is 6.58. The summed E-state index contributed by atoms with van der Waals surface area (Å²) < 4.78 is 4.69. The van der Waals surface area contributed by atoms with Gasteiger partial charge in [-0.05, 0) is 6.42 Å². The summed E-state index contributed by atoms with van der Waals surface area (Å²) in [6.07, 6.45) is 8.92. The van der Waals surface area contributed by atoms with Crippen molar-refractivity contribution >= 4 is 45.2 Å². The molecular weight excluding hydrogens is 311 g/mol. The number of hydrogen-bond acceptors (Lipinski definition) is 2. The van der Waals surface area contributed by atoms with Crippen LogP contribution in [0.4, 0.5) is 0 Å². The first-order valence-corrected chi connectivity index (χ1v) is 11.7. The van der Waals surface area contributed by atoms with Crippen LogP contribution in [0.15, 0.2) is 0 Å². The number of carbonyl (C=O) groups excluding carboxylic acids is 1. The van der Waals surface area contributed by atoms with Crippen molar-refractivity contribution in [3.8, 4) is 0 Å². The molecule has 18 heavy (non-hydrogen) atoms. The van der Waals surface area contributed by atoms with Crippen molar-refractivity contribution in [2.24, 2.45) is 0 Å². The van der Waals surface area contributed by atoms with Gasteiger partial charge in [-0.3, -0.25) is 4.79 Å². The Bertz CT molecular complexity index is 232. The molecule has 2 nitrogen and oxygen atoms in total. The molecule has 6 heteroatoms. The van der Waals surface area contributed by atoms with Crippen LogP contribution in [0.3, 0.4) is 0 Å². The fraction of sp³-hybridized carbons (Fsp3) is 0.917. The SMILES string of the molecule is CCCCCCCCCC(C(=O)OC)[Si](Cl)(Cl)Cl. The Hall–Kier alpha value is 0.557. The molecule has 0 aliphatic rings. The van der Waals surface area contributed by atoms with Crippen LogP contribution in [0, 0.1) is 0 Å². The third-order valence-electron chi connectivity index (χ3n) is 2.98. The zero-order valence-corrected chi connectivity index (χ0v) is 14.5. The van der Waals surface area contributed by atoms with E-state index in [1.54, 1.807) is 0 Å². The summed E-state index contributed by atoms with van der Waals surface area (Å²) in [6.45, 7) is 2.20. The van der Waals surface area contributed by atoms with Crippen molar-refractivity contribution in [3.05, 3.63) is 0 Å². The fourth-order valence-electron chi connectivity index (χ4n) is 1.86. The summed E-state index contributed by atoms with van der Waals surface area (Å²) in [5.41, 5.74) is -0.525. The molecule has 0 aromatic carbocycles. The number of ether oxygens (including phenoxy) is 1. The third-order valence-corrected chi connectivity index (χ3v) is 6.66. The Kier molecular flexibility index (Phi) is 10.7. The van der Waals surface area contributed by atoms with Crippen molar-refractivity contribution in [1.29, 1.82) is 0 Å². The predicted octanol–water partition coefficient (Wildman–Crippen LogP) is 5.33. The Morgan fingerprint density at radius 3 is 2.00 bits per heavy atom. The summed E-state index contributed by atoms with van der Waals surface area (Å²) in [5.74, 6) is -0.382. The maximum absolute atomic E-state index is 11.5. The average molecular weight is 334 g/mol. The number of hydrogen-bond donors (Lipinski definition) is 0. The number of methoxy groups -OCH3 is 1. The lowest BCUT2D eigenvalue weighted by Crippen LogP contribution is -2.28. The summed E-state index contributed by atoms with van der Waals surface area (Å²) >= 11 is 17.8. The van der Waals surface area contributed by atoms with E-state index in [0.717, 1.165) is 12.8 Å². The van der Waals surface area contributed by atoms with Gasteiger partial charge in [-0.2, -0.15) is 0 Å². The van der Waals surface area contributed by atoms with Crippen LogP contribution in [0.2, 0.25) is 5.54 Å². The highest BCUT2D eigenvalue weighted by molar-refractivity contribution is 7.65. The standard InChI is InChI=1S/C12H23Cl3O2Si/c1-3-4-5-6-7-8-9-10-11(12(16)17-2)18(13,14)15/h11H,3-10H2,1-2H3. The minimum absolute atomic E-state index is 0.382. The molecule has 0 saturated carbocycles. The maximum Gasteiger partial charge on any atom is 0.355 e. The molecule has 0 fully saturated rings. The third kappa shape index (κ3) is 8.62. The van der Waals surface area contributed by atoms with E-state index in [0.29, 0.717) is 6.42 Å². The molecule has 0 aliphatic heterocycles. The van der Waals surface area contributed by atoms with E-state index in [4.69, 9.17) is 38.0 Å². The smallest absolute Gasteiger partial charge is 0.355 e. The summed E-state index contributed by atoms with van der Waals surface area (Å²) in [6, 6.07) is -3.01. The highest BCUT2D eigenvalue weighted by Crippen LogP contribution is 2.38. The van der Waals surface area contributed by atoms with E-state index in [2.05, 4.69) is 6.92 Å². The molecule has 108 valence electrons. The number of carbonyl (C=O) groups is 1. The molecule has 0 rings (SSSR count). The molecular formula is C12H23Cl3O2Si. The second kappa shape index (κ2) is 10.4. The van der Waals surface area contributed by atoms with Gasteiger partial charge >= 0.3 is 12.0 Å². The molecule has 1 atom stereocenters. The summed E-state index contributed by atoms with van der Waals surface area (Å²) in [7, 11) is 1.34. The zero-order chi connectivity index (χ0) is 14.0. The Morgan fingerprint density at radius 1 is 1.06 bits per heavy atom. The van der Waals surface area contributed by atoms with E-state index >= 15 is 0 Å². The van der Waals surface area contributed by atoms with Gasteiger partial charge in [0.05, 0.1) is 12.7 Å². The van der Waals surface area contributed by atoms with E-state index in [1.165, 1.54) is 39.2 Å². The summed E-state index contributed by atoms with van der Waals surface area (Å²) in [4.78, 5) is 11.5. The molecule has 0 aliphatic carbocycles. The number of halogens is 3. The maximum atomic E-state index is 11.5. The van der Waals surface area contributed by atoms with Gasteiger partial charge in [0.15, 0.2) is 0 Å². The van der Waals surface area contributed by atoms with Crippen molar-refractivity contribution in [2.75, 3.05) is 7.11 Å². The molecule has 0 amide bonds. The Morgan fingerprint density at radius 2 is 1.56 bits per heavy atom. The highest BCUT2D eigenvalue weighted by atomic mass is 35.8. The van der Waals surface area contributed by atoms with Gasteiger partial charge in [0, 0.05) is 0 Å². The Labute approximate surface area is 125 Å². The first kappa shape index (κ1) is 18.6. The fourth-order valence-corrected chi connectivity index (χ4v) is 4.56. The molecule has 0 radical (unpaired) electrons. The molecule has 0 N–H and O–H groups in total. The van der Waals surface area contributed by atoms with Gasteiger partial charge in [0.25, 0.3) is 0 Å². The molecule has 0 aromatic heterocycles. The van der Waals surface area contributed by atoms with Gasteiger partial charge in [-0.1, -0.05) is 51.9 Å². The lowest BCUT2D eigenvalue weighted by Gasteiger charge is -2.19. The zero-order valence-electron chi connectivity index (χ0n) is 11.2. The van der Waals surface area contributed by atoms with Crippen LogP contribution in [-0.2, 0) is 9.53 Å². The molecule has 0 aromatic rings. The van der Waals surface area contributed by atoms with E-state index in [9.17, 15) is 4.79 Å². The van der Waals surface area contributed by atoms with Crippen LogP contribution in [0.25, 0.3) is 0 Å². The minimum Gasteiger partial charge on any atom is -0.469 e. The quantitative estimate of drug-likeness (QED) is 0.234. The lowest BCUT2D eigenvalue weighted by atomic mass is 10.1.